The van der Waals surface area contributed by atoms with Gasteiger partial charge in [-0.25, -0.2) is 8.42 Å². The lowest BCUT2D eigenvalue weighted by Crippen LogP contribution is -2.48. The lowest BCUT2D eigenvalue weighted by atomic mass is 9.93. The maximum absolute atomic E-state index is 13.5. The molecule has 0 saturated carbocycles. The number of sulfonamides is 1. The number of aryl methyl sites for hydroxylation is 1. The molecule has 4 rings (SSSR count). The van der Waals surface area contributed by atoms with Crippen molar-refractivity contribution in [1.29, 1.82) is 0 Å². The van der Waals surface area contributed by atoms with E-state index >= 15 is 0 Å². The second-order valence-corrected chi connectivity index (χ2v) is 13.2. The summed E-state index contributed by atoms with van der Waals surface area (Å²) < 4.78 is 37.2. The molecule has 2 amide bonds. The summed E-state index contributed by atoms with van der Waals surface area (Å²) in [5.74, 6) is 0.687. The summed E-state index contributed by atoms with van der Waals surface area (Å²) in [7, 11) is -3.78. The lowest BCUT2D eigenvalue weighted by molar-refractivity contribution is -0.121. The van der Waals surface area contributed by atoms with Crippen molar-refractivity contribution < 1.29 is 27.2 Å². The van der Waals surface area contributed by atoms with E-state index in [1.165, 1.54) is 11.8 Å². The zero-order valence-electron chi connectivity index (χ0n) is 24.1. The number of benzene rings is 3. The van der Waals surface area contributed by atoms with Gasteiger partial charge in [-0.2, -0.15) is 11.8 Å². The van der Waals surface area contributed by atoms with Crippen LogP contribution in [0.3, 0.4) is 0 Å². The largest absolute Gasteiger partial charge is 0.459 e. The van der Waals surface area contributed by atoms with Crippen molar-refractivity contribution in [1.82, 2.24) is 10.0 Å². The molecule has 0 radical (unpaired) electrons. The fraction of sp³-hybridized carbons (Fsp3) is 0.250. The van der Waals surface area contributed by atoms with E-state index in [0.717, 1.165) is 28.5 Å². The van der Waals surface area contributed by atoms with Crippen LogP contribution >= 0.6 is 23.4 Å². The minimum Gasteiger partial charge on any atom is -0.459 e. The number of thioether (sulfide) groups is 1. The molecule has 0 aliphatic rings. The Morgan fingerprint density at radius 3 is 2.42 bits per heavy atom. The first-order chi connectivity index (χ1) is 20.5. The molecule has 2 N–H and O–H groups in total. The standard InChI is InChI=1S/C32H33ClN2O6S2/c1-21-6-4-5-7-26(21)28-18-22(19-40-20-25-13-15-30(41-25)23-9-11-24(33)12-10-23)8-14-27(28)31(36)34-29(16-17-42-2)32(37)35-43(3,38)39/h4-15,18,29H,16-17,19-20H2,1-3H3,(H,34,36)(H,35,37)/t29-/m0/s1. The molecule has 0 aliphatic heterocycles. The minimum atomic E-state index is -3.78. The number of carbonyl (C=O) groups excluding carboxylic acids is 2. The molecular weight excluding hydrogens is 608 g/mol. The SMILES string of the molecule is CSCC[C@H](NC(=O)c1ccc(COCc2ccc(-c3ccc(Cl)cc3)o2)cc1-c1ccccc1C)C(=O)NS(C)(=O)=O. The van der Waals surface area contributed by atoms with E-state index in [1.807, 2.05) is 72.5 Å². The van der Waals surface area contributed by atoms with Crippen molar-refractivity contribution in [2.75, 3.05) is 18.3 Å². The Hall–Kier alpha value is -3.57. The smallest absolute Gasteiger partial charge is 0.256 e. The molecule has 1 heterocycles. The quantitative estimate of drug-likeness (QED) is 0.178. The summed E-state index contributed by atoms with van der Waals surface area (Å²) >= 11 is 7.47. The van der Waals surface area contributed by atoms with Gasteiger partial charge in [0, 0.05) is 16.1 Å². The highest BCUT2D eigenvalue weighted by Gasteiger charge is 2.25. The second-order valence-electron chi connectivity index (χ2n) is 10.0. The van der Waals surface area contributed by atoms with Gasteiger partial charge in [-0.3, -0.25) is 14.3 Å². The van der Waals surface area contributed by atoms with Gasteiger partial charge in [0.05, 0.1) is 12.9 Å². The average molecular weight is 641 g/mol. The molecule has 0 aliphatic carbocycles. The van der Waals surface area contributed by atoms with E-state index in [0.29, 0.717) is 33.4 Å². The molecule has 1 aromatic heterocycles. The van der Waals surface area contributed by atoms with Crippen LogP contribution in [0.25, 0.3) is 22.5 Å². The van der Waals surface area contributed by atoms with E-state index in [9.17, 15) is 18.0 Å². The van der Waals surface area contributed by atoms with Gasteiger partial charge in [0.2, 0.25) is 10.0 Å². The number of amides is 2. The molecular formula is C32H33ClN2O6S2. The van der Waals surface area contributed by atoms with Gasteiger partial charge >= 0.3 is 0 Å². The van der Waals surface area contributed by atoms with E-state index < -0.39 is 27.9 Å². The number of halogens is 1. The summed E-state index contributed by atoms with van der Waals surface area (Å²) in [4.78, 5) is 26.2. The number of furan rings is 1. The molecule has 8 nitrogen and oxygen atoms in total. The van der Waals surface area contributed by atoms with E-state index in [2.05, 4.69) is 5.32 Å². The van der Waals surface area contributed by atoms with Crippen molar-refractivity contribution in [3.63, 3.8) is 0 Å². The molecule has 43 heavy (non-hydrogen) atoms. The number of carbonyl (C=O) groups is 2. The van der Waals surface area contributed by atoms with Gasteiger partial charge in [0.15, 0.2) is 0 Å². The summed E-state index contributed by atoms with van der Waals surface area (Å²) in [6.07, 6.45) is 3.04. The Bertz CT molecular complexity index is 1690. The van der Waals surface area contributed by atoms with Gasteiger partial charge in [-0.05, 0) is 96.1 Å². The summed E-state index contributed by atoms with van der Waals surface area (Å²) in [6, 6.07) is 23.2. The van der Waals surface area contributed by atoms with E-state index in [-0.39, 0.29) is 19.6 Å². The topological polar surface area (TPSA) is 115 Å². The first kappa shape index (κ1) is 32.3. The van der Waals surface area contributed by atoms with Gasteiger partial charge in [0.1, 0.15) is 24.2 Å². The van der Waals surface area contributed by atoms with Crippen LogP contribution in [0.2, 0.25) is 5.02 Å². The van der Waals surface area contributed by atoms with Crippen LogP contribution in [0.15, 0.2) is 83.3 Å². The monoisotopic (exact) mass is 640 g/mol. The molecule has 1 atom stereocenters. The Labute approximate surface area is 261 Å². The van der Waals surface area contributed by atoms with Crippen LogP contribution in [-0.2, 0) is 32.8 Å². The molecule has 11 heteroatoms. The molecule has 0 saturated heterocycles. The molecule has 0 fully saturated rings. The van der Waals surface area contributed by atoms with Crippen LogP contribution in [-0.4, -0.2) is 44.5 Å². The highest BCUT2D eigenvalue weighted by molar-refractivity contribution is 7.98. The average Bonchev–Trinajstić information content (AvgIpc) is 3.43. The Kier molecular flexibility index (Phi) is 11.1. The predicted molar refractivity (Wildman–Crippen MR) is 172 cm³/mol. The Morgan fingerprint density at radius 2 is 1.72 bits per heavy atom. The normalized spacial score (nSPS) is 12.1. The lowest BCUT2D eigenvalue weighted by Gasteiger charge is -2.19. The fourth-order valence-electron chi connectivity index (χ4n) is 4.47. The molecule has 4 aromatic rings. The first-order valence-electron chi connectivity index (χ1n) is 13.5. The third-order valence-corrected chi connectivity index (χ3v) is 8.05. The van der Waals surface area contributed by atoms with Crippen LogP contribution in [0.5, 0.6) is 0 Å². The highest BCUT2D eigenvalue weighted by Crippen LogP contribution is 2.29. The second kappa shape index (κ2) is 14.7. The maximum atomic E-state index is 13.5. The fourth-order valence-corrected chi connectivity index (χ4v) is 5.57. The summed E-state index contributed by atoms with van der Waals surface area (Å²) in [5, 5.41) is 3.40. The Morgan fingerprint density at radius 1 is 0.977 bits per heavy atom. The third kappa shape index (κ3) is 9.21. The molecule has 226 valence electrons. The van der Waals surface area contributed by atoms with E-state index in [1.54, 1.807) is 24.3 Å². The van der Waals surface area contributed by atoms with E-state index in [4.69, 9.17) is 20.8 Å². The van der Waals surface area contributed by atoms with Crippen molar-refractivity contribution in [2.24, 2.45) is 0 Å². The highest BCUT2D eigenvalue weighted by atomic mass is 35.5. The zero-order chi connectivity index (χ0) is 31.0. The van der Waals surface area contributed by atoms with Gasteiger partial charge in [-0.15, -0.1) is 0 Å². The third-order valence-electron chi connectivity index (χ3n) is 6.59. The van der Waals surface area contributed by atoms with Crippen LogP contribution in [0, 0.1) is 6.92 Å². The van der Waals surface area contributed by atoms with Crippen molar-refractivity contribution >= 4 is 45.2 Å². The Balaban J connectivity index is 1.52. The van der Waals surface area contributed by atoms with Crippen LogP contribution in [0.4, 0.5) is 0 Å². The van der Waals surface area contributed by atoms with Crippen LogP contribution < -0.4 is 10.0 Å². The summed E-state index contributed by atoms with van der Waals surface area (Å²) in [6.45, 7) is 2.48. The van der Waals surface area contributed by atoms with Crippen molar-refractivity contribution in [3.8, 4) is 22.5 Å². The number of nitrogens with one attached hydrogen (secondary N) is 2. The van der Waals surface area contributed by atoms with Gasteiger partial charge in [0.25, 0.3) is 11.8 Å². The van der Waals surface area contributed by atoms with Crippen molar-refractivity contribution in [2.45, 2.75) is 32.6 Å². The molecule has 0 spiro atoms. The van der Waals surface area contributed by atoms with Gasteiger partial charge in [-0.1, -0.05) is 41.9 Å². The number of rotatable bonds is 13. The molecule has 0 bridgehead atoms. The summed E-state index contributed by atoms with van der Waals surface area (Å²) in [5.41, 5.74) is 4.61. The molecule has 3 aromatic carbocycles. The number of ether oxygens (including phenoxy) is 1. The van der Waals surface area contributed by atoms with Crippen molar-refractivity contribution in [3.05, 3.63) is 106 Å². The first-order valence-corrected chi connectivity index (χ1v) is 17.1. The van der Waals surface area contributed by atoms with Gasteiger partial charge < -0.3 is 14.5 Å². The maximum Gasteiger partial charge on any atom is 0.256 e. The number of hydrogen-bond donors (Lipinski definition) is 2. The molecule has 0 unspecified atom stereocenters. The zero-order valence-corrected chi connectivity index (χ0v) is 26.4. The van der Waals surface area contributed by atoms with Crippen LogP contribution in [0.1, 0.15) is 33.7 Å². The predicted octanol–water partition coefficient (Wildman–Crippen LogP) is 6.22. The minimum absolute atomic E-state index is 0.252. The number of hydrogen-bond acceptors (Lipinski definition) is 7.